The van der Waals surface area contributed by atoms with Crippen LogP contribution in [-0.2, 0) is 11.2 Å². The van der Waals surface area contributed by atoms with Crippen molar-refractivity contribution < 1.29 is 49.8 Å². The topological polar surface area (TPSA) is 112 Å². The van der Waals surface area contributed by atoms with Gasteiger partial charge in [0.1, 0.15) is 6.54 Å². The standard InChI is InChI=1S/C24H28F8N6O3/c1-37(11-23(27,28)29)17-8-18-34-16(19(35-21(40)41)12-2-4-22(25,26)5-3-12)10-38(18)36-15(17)7-13-6-14(24(30,31)32)9-33-20(13)39/h8,10,12-14,19,35H,2-7,9,11H2,1H3,(H,33,39)(H,40,41)/t13?,14-,19+/m1/s1. The zero-order valence-corrected chi connectivity index (χ0v) is 21.7. The lowest BCUT2D eigenvalue weighted by Gasteiger charge is -2.32. The number of halogens is 8. The van der Waals surface area contributed by atoms with Gasteiger partial charge in [-0.1, -0.05) is 0 Å². The summed E-state index contributed by atoms with van der Waals surface area (Å²) in [6, 6.07) is 0.189. The number of amides is 2. The number of piperidine rings is 1. The van der Waals surface area contributed by atoms with Crippen LogP contribution in [0.4, 0.5) is 45.6 Å². The molecule has 2 amide bonds. The maximum atomic E-state index is 13.7. The molecule has 2 fully saturated rings. The van der Waals surface area contributed by atoms with Gasteiger partial charge >= 0.3 is 18.4 Å². The number of alkyl halides is 8. The van der Waals surface area contributed by atoms with Gasteiger partial charge in [-0.05, 0) is 25.2 Å². The third-order valence-electron chi connectivity index (χ3n) is 7.55. The molecule has 1 unspecified atom stereocenters. The van der Waals surface area contributed by atoms with E-state index in [-0.39, 0.29) is 35.6 Å². The molecule has 4 rings (SSSR count). The van der Waals surface area contributed by atoms with Crippen LogP contribution in [0.1, 0.15) is 49.5 Å². The zero-order valence-electron chi connectivity index (χ0n) is 21.7. The molecule has 2 aromatic heterocycles. The van der Waals surface area contributed by atoms with Gasteiger partial charge < -0.3 is 20.6 Å². The fraction of sp³-hybridized carbons (Fsp3) is 0.667. The number of anilines is 1. The van der Waals surface area contributed by atoms with Crippen LogP contribution in [0.15, 0.2) is 12.3 Å². The van der Waals surface area contributed by atoms with Crippen molar-refractivity contribution in [3.63, 3.8) is 0 Å². The number of carboxylic acid groups (broad SMARTS) is 1. The summed E-state index contributed by atoms with van der Waals surface area (Å²) in [5.74, 6) is -7.19. The summed E-state index contributed by atoms with van der Waals surface area (Å²) in [6.45, 7) is -2.05. The fourth-order valence-electron chi connectivity index (χ4n) is 5.47. The third kappa shape index (κ3) is 7.47. The molecule has 0 bridgehead atoms. The second-order valence-corrected chi connectivity index (χ2v) is 10.7. The molecule has 1 aliphatic carbocycles. The highest BCUT2D eigenvalue weighted by Gasteiger charge is 2.45. The Morgan fingerprint density at radius 2 is 1.90 bits per heavy atom. The molecule has 1 saturated carbocycles. The normalized spacial score (nSPS) is 22.8. The van der Waals surface area contributed by atoms with Crippen LogP contribution in [0.3, 0.4) is 0 Å². The second-order valence-electron chi connectivity index (χ2n) is 10.7. The Labute approximate surface area is 228 Å². The lowest BCUT2D eigenvalue weighted by Crippen LogP contribution is -2.47. The Hall–Kier alpha value is -3.40. The lowest BCUT2D eigenvalue weighted by molar-refractivity contribution is -0.183. The predicted molar refractivity (Wildman–Crippen MR) is 127 cm³/mol. The predicted octanol–water partition coefficient (Wildman–Crippen LogP) is 4.72. The minimum atomic E-state index is -4.65. The molecule has 1 aliphatic heterocycles. The number of fused-ring (bicyclic) bond motifs is 1. The van der Waals surface area contributed by atoms with Crippen molar-refractivity contribution in [2.45, 2.75) is 62.8 Å². The number of nitrogens with zero attached hydrogens (tertiary/aromatic N) is 4. The second kappa shape index (κ2) is 11.1. The maximum Gasteiger partial charge on any atom is 0.405 e. The summed E-state index contributed by atoms with van der Waals surface area (Å²) in [5, 5.41) is 18.1. The number of rotatable bonds is 7. The molecule has 2 aromatic rings. The van der Waals surface area contributed by atoms with Crippen molar-refractivity contribution in [1.82, 2.24) is 25.2 Å². The van der Waals surface area contributed by atoms with Gasteiger partial charge in [-0.2, -0.15) is 31.4 Å². The number of hydrogen-bond acceptors (Lipinski definition) is 5. The number of carbonyl (C=O) groups is 2. The Morgan fingerprint density at radius 1 is 1.24 bits per heavy atom. The average Bonchev–Trinajstić information content (AvgIpc) is 3.24. The average molecular weight is 601 g/mol. The van der Waals surface area contributed by atoms with Crippen molar-refractivity contribution in [2.24, 2.45) is 17.8 Å². The fourth-order valence-corrected chi connectivity index (χ4v) is 5.47. The van der Waals surface area contributed by atoms with Gasteiger partial charge in [0, 0.05) is 44.8 Å². The summed E-state index contributed by atoms with van der Waals surface area (Å²) >= 11 is 0. The van der Waals surface area contributed by atoms with E-state index in [1.165, 1.54) is 12.3 Å². The van der Waals surface area contributed by atoms with Crippen molar-refractivity contribution in [2.75, 3.05) is 25.0 Å². The highest BCUT2D eigenvalue weighted by molar-refractivity contribution is 5.80. The van der Waals surface area contributed by atoms with Gasteiger partial charge in [-0.15, -0.1) is 0 Å². The minimum absolute atomic E-state index is 0.00707. The summed E-state index contributed by atoms with van der Waals surface area (Å²) in [4.78, 5) is 29.0. The van der Waals surface area contributed by atoms with Crippen LogP contribution >= 0.6 is 0 Å². The number of carbonyl (C=O) groups excluding carboxylic acids is 1. The smallest absolute Gasteiger partial charge is 0.405 e. The van der Waals surface area contributed by atoms with Crippen molar-refractivity contribution in [1.29, 1.82) is 0 Å². The van der Waals surface area contributed by atoms with E-state index in [1.54, 1.807) is 0 Å². The van der Waals surface area contributed by atoms with E-state index in [0.29, 0.717) is 0 Å². The molecule has 0 aromatic carbocycles. The molecule has 9 nitrogen and oxygen atoms in total. The molecule has 228 valence electrons. The molecule has 3 atom stereocenters. The van der Waals surface area contributed by atoms with Gasteiger partial charge in [0.05, 0.1) is 35.2 Å². The Balaban J connectivity index is 1.72. The van der Waals surface area contributed by atoms with Crippen LogP contribution in [-0.4, -0.2) is 70.1 Å². The summed E-state index contributed by atoms with van der Waals surface area (Å²) in [7, 11) is 1.10. The quantitative estimate of drug-likeness (QED) is 0.397. The number of nitrogens with one attached hydrogen (secondary N) is 2. The van der Waals surface area contributed by atoms with Gasteiger partial charge in [0.15, 0.2) is 5.65 Å². The molecule has 0 spiro atoms. The van der Waals surface area contributed by atoms with Gasteiger partial charge in [0.2, 0.25) is 11.8 Å². The van der Waals surface area contributed by atoms with E-state index in [0.717, 1.165) is 16.5 Å². The monoisotopic (exact) mass is 600 g/mol. The van der Waals surface area contributed by atoms with Crippen LogP contribution < -0.4 is 15.5 Å². The first-order valence-electron chi connectivity index (χ1n) is 12.8. The molecular formula is C24H28F8N6O3. The van der Waals surface area contributed by atoms with Crippen LogP contribution in [0.25, 0.3) is 5.65 Å². The minimum Gasteiger partial charge on any atom is -0.465 e. The third-order valence-corrected chi connectivity index (χ3v) is 7.55. The van der Waals surface area contributed by atoms with E-state index in [1.807, 2.05) is 0 Å². The molecule has 3 heterocycles. The largest absolute Gasteiger partial charge is 0.465 e. The van der Waals surface area contributed by atoms with Gasteiger partial charge in [-0.25, -0.2) is 23.1 Å². The first-order chi connectivity index (χ1) is 18.9. The SMILES string of the molecule is CN(CC(F)(F)F)c1cc2nc([C@@H](NC(=O)O)C3CCC(F)(F)CC3)cn2nc1CC1C[C@@H](C(F)(F)F)CNC1=O. The van der Waals surface area contributed by atoms with Crippen LogP contribution in [0.2, 0.25) is 0 Å². The van der Waals surface area contributed by atoms with Gasteiger partial charge in [-0.3, -0.25) is 4.79 Å². The first kappa shape index (κ1) is 30.6. The number of hydrogen-bond donors (Lipinski definition) is 3. The van der Waals surface area contributed by atoms with E-state index >= 15 is 0 Å². The first-order valence-corrected chi connectivity index (χ1v) is 12.8. The van der Waals surface area contributed by atoms with Crippen molar-refractivity contribution >= 4 is 23.3 Å². The maximum absolute atomic E-state index is 13.7. The van der Waals surface area contributed by atoms with Crippen molar-refractivity contribution in [3.8, 4) is 0 Å². The molecule has 41 heavy (non-hydrogen) atoms. The summed E-state index contributed by atoms with van der Waals surface area (Å²) in [5.41, 5.74) is -0.151. The summed E-state index contributed by atoms with van der Waals surface area (Å²) < 4.78 is 108. The molecule has 17 heteroatoms. The molecule has 0 radical (unpaired) electrons. The zero-order chi connectivity index (χ0) is 30.3. The number of imidazole rings is 1. The van der Waals surface area contributed by atoms with E-state index in [9.17, 15) is 49.8 Å². The Morgan fingerprint density at radius 3 is 2.49 bits per heavy atom. The lowest BCUT2D eigenvalue weighted by atomic mass is 9.81. The van der Waals surface area contributed by atoms with E-state index in [2.05, 4.69) is 20.7 Å². The van der Waals surface area contributed by atoms with E-state index < -0.39 is 92.8 Å². The van der Waals surface area contributed by atoms with E-state index in [4.69, 9.17) is 0 Å². The Kier molecular flexibility index (Phi) is 8.28. The molecular weight excluding hydrogens is 572 g/mol. The van der Waals surface area contributed by atoms with Gasteiger partial charge in [0.25, 0.3) is 0 Å². The summed E-state index contributed by atoms with van der Waals surface area (Å²) in [6.07, 6.45) is -11.3. The molecule has 1 saturated heterocycles. The Bertz CT molecular complexity index is 1270. The molecule has 2 aliphatic rings. The van der Waals surface area contributed by atoms with Crippen molar-refractivity contribution in [3.05, 3.63) is 23.7 Å². The highest BCUT2D eigenvalue weighted by atomic mass is 19.4. The number of aromatic nitrogens is 3. The van der Waals surface area contributed by atoms with Crippen LogP contribution in [0.5, 0.6) is 0 Å². The molecule has 3 N–H and O–H groups in total. The van der Waals surface area contributed by atoms with Crippen LogP contribution in [0, 0.1) is 17.8 Å². The highest BCUT2D eigenvalue weighted by Crippen LogP contribution is 2.41.